The summed E-state index contributed by atoms with van der Waals surface area (Å²) in [5, 5.41) is 11.7. The summed E-state index contributed by atoms with van der Waals surface area (Å²) in [6.07, 6.45) is 4.01. The van der Waals surface area contributed by atoms with Gasteiger partial charge < -0.3 is 35.1 Å². The smallest absolute Gasteiger partial charge is 0.498 e. The number of fused-ring (bicyclic) bond motifs is 1. The Labute approximate surface area is 202 Å². The third kappa shape index (κ3) is 5.57. The van der Waals surface area contributed by atoms with Crippen LogP contribution in [0.3, 0.4) is 0 Å². The molecule has 2 atom stereocenters. The van der Waals surface area contributed by atoms with Crippen LogP contribution in [0.2, 0.25) is 0 Å². The van der Waals surface area contributed by atoms with E-state index in [4.69, 9.17) is 15.2 Å². The third-order valence-corrected chi connectivity index (χ3v) is 5.72. The molecule has 4 rings (SSSR count). The van der Waals surface area contributed by atoms with E-state index in [9.17, 15) is 5.11 Å². The average Bonchev–Trinajstić information content (AvgIpc) is 2.83. The first-order valence-electron chi connectivity index (χ1n) is 10.4. The van der Waals surface area contributed by atoms with E-state index in [0.29, 0.717) is 0 Å². The number of hydrogen-bond donors (Lipinski definition) is 2. The summed E-state index contributed by atoms with van der Waals surface area (Å²) in [5.41, 5.74) is 9.03. The summed E-state index contributed by atoms with van der Waals surface area (Å²) in [6, 6.07) is 15.2. The molecule has 0 radical (unpaired) electrons. The number of ether oxygens (including phenoxy) is 2. The van der Waals surface area contributed by atoms with Crippen molar-refractivity contribution in [2.24, 2.45) is 5.73 Å². The summed E-state index contributed by atoms with van der Waals surface area (Å²) in [6.45, 7) is 3.15. The molecule has 3 aromatic rings. The van der Waals surface area contributed by atoms with Crippen molar-refractivity contribution < 1.29 is 34.4 Å². The molecule has 1 aliphatic heterocycles. The van der Waals surface area contributed by atoms with Gasteiger partial charge in [-0.15, -0.1) is 11.4 Å². The van der Waals surface area contributed by atoms with Crippen LogP contribution in [-0.4, -0.2) is 61.6 Å². The predicted molar refractivity (Wildman–Crippen MR) is 121 cm³/mol. The van der Waals surface area contributed by atoms with E-state index in [1.165, 1.54) is 0 Å². The van der Waals surface area contributed by atoms with Crippen molar-refractivity contribution in [2.75, 3.05) is 45.3 Å². The van der Waals surface area contributed by atoms with Gasteiger partial charge in [0.1, 0.15) is 11.5 Å². The Morgan fingerprint density at radius 2 is 1.66 bits per heavy atom. The van der Waals surface area contributed by atoms with Gasteiger partial charge in [0, 0.05) is 31.9 Å². The van der Waals surface area contributed by atoms with Crippen LogP contribution in [0.4, 0.5) is 5.69 Å². The second-order valence-corrected chi connectivity index (χ2v) is 7.60. The molecule has 0 amide bonds. The number of nitrogens with zero attached hydrogens (tertiary/aromatic N) is 3. The van der Waals surface area contributed by atoms with Gasteiger partial charge >= 0.3 is 19.8 Å². The zero-order chi connectivity index (χ0) is 21.8. The molecular weight excluding hydrogens is 583 g/mol. The van der Waals surface area contributed by atoms with E-state index in [0.717, 1.165) is 59.8 Å². The van der Waals surface area contributed by atoms with E-state index in [1.807, 2.05) is 41.3 Å². The van der Waals surface area contributed by atoms with Crippen molar-refractivity contribution in [3.05, 3.63) is 66.7 Å². The monoisotopic (exact) mass is 612 g/mol. The molecule has 2 heterocycles. The van der Waals surface area contributed by atoms with Gasteiger partial charge in [0.2, 0.25) is 0 Å². The van der Waals surface area contributed by atoms with Crippen molar-refractivity contribution in [3.8, 4) is 11.5 Å². The topological polar surface area (TPSA) is 84.1 Å². The molecule has 2 unspecified atom stereocenters. The largest absolute Gasteiger partial charge is 2.00 e. The number of hydrogen-bond acceptors (Lipinski definition) is 7. The fourth-order valence-electron chi connectivity index (χ4n) is 3.81. The fourth-order valence-corrected chi connectivity index (χ4v) is 3.81. The van der Waals surface area contributed by atoms with E-state index in [2.05, 4.69) is 28.2 Å². The number of methoxy groups -OCH3 is 2. The van der Waals surface area contributed by atoms with Crippen molar-refractivity contribution in [1.82, 2.24) is 9.88 Å². The van der Waals surface area contributed by atoms with Crippen LogP contribution in [-0.2, 0) is 19.8 Å². The molecule has 0 bridgehead atoms. The first-order valence-corrected chi connectivity index (χ1v) is 10.4. The quantitative estimate of drug-likeness (QED) is 0.398. The van der Waals surface area contributed by atoms with Gasteiger partial charge in [0.15, 0.2) is 0 Å². The minimum Gasteiger partial charge on any atom is -0.498 e. The first kappa shape index (κ1) is 24.4. The molecule has 7 nitrogen and oxygen atoms in total. The van der Waals surface area contributed by atoms with E-state index >= 15 is 0 Å². The van der Waals surface area contributed by atoms with E-state index in [1.54, 1.807) is 20.6 Å². The van der Waals surface area contributed by atoms with Crippen LogP contribution in [0.15, 0.2) is 48.5 Å². The minimum absolute atomic E-state index is 0. The molecule has 1 aliphatic rings. The van der Waals surface area contributed by atoms with Gasteiger partial charge in [-0.05, 0) is 42.1 Å². The van der Waals surface area contributed by atoms with Gasteiger partial charge in [-0.2, -0.15) is 11.6 Å². The number of anilines is 1. The Balaban J connectivity index is 0.00000289. The molecule has 1 aromatic heterocycles. The van der Waals surface area contributed by atoms with Crippen molar-refractivity contribution >= 4 is 16.6 Å². The molecule has 170 valence electrons. The van der Waals surface area contributed by atoms with Crippen LogP contribution in [0.25, 0.3) is 10.9 Å². The van der Waals surface area contributed by atoms with Crippen LogP contribution >= 0.6 is 0 Å². The molecule has 0 saturated carbocycles. The standard InChI is InChI=1S/C24H28N4O3.Os/c1-30-20-7-4-19(5-8-20)27-9-11-28(12-10-27)24(29)15-22(25)18-13-17-3-6-21(31-2)14-23(17)26-16-18;/h3-8,13-15,22,24,29H,9-12,25H2,1-2H3;/q-2;+2. The van der Waals surface area contributed by atoms with Gasteiger partial charge in [0.05, 0.1) is 14.2 Å². The second-order valence-electron chi connectivity index (χ2n) is 7.60. The Morgan fingerprint density at radius 1 is 1.00 bits per heavy atom. The molecule has 2 aromatic carbocycles. The Hall–Kier alpha value is -2.23. The summed E-state index contributed by atoms with van der Waals surface area (Å²) in [7, 11) is 3.29. The molecule has 0 spiro atoms. The van der Waals surface area contributed by atoms with Crippen LogP contribution < -0.4 is 20.1 Å². The maximum Gasteiger partial charge on any atom is 2.00 e. The van der Waals surface area contributed by atoms with Gasteiger partial charge in [-0.25, -0.2) is 0 Å². The van der Waals surface area contributed by atoms with Crippen molar-refractivity contribution in [2.45, 2.75) is 12.3 Å². The zero-order valence-electron chi connectivity index (χ0n) is 18.2. The maximum absolute atomic E-state index is 10.7. The molecule has 32 heavy (non-hydrogen) atoms. The summed E-state index contributed by atoms with van der Waals surface area (Å²) in [5.74, 6) is 1.60. The van der Waals surface area contributed by atoms with Gasteiger partial charge in [-0.1, -0.05) is 18.3 Å². The second kappa shape index (κ2) is 11.1. The number of pyridine rings is 1. The van der Waals surface area contributed by atoms with Crippen LogP contribution in [0.5, 0.6) is 11.5 Å². The fraction of sp³-hybridized carbons (Fsp3) is 0.333. The van der Waals surface area contributed by atoms with Gasteiger partial charge in [0.25, 0.3) is 0 Å². The van der Waals surface area contributed by atoms with Gasteiger partial charge in [-0.3, -0.25) is 6.42 Å². The number of piperazine rings is 1. The number of nitrogens with two attached hydrogens (primary N) is 1. The number of benzene rings is 2. The van der Waals surface area contributed by atoms with Crippen LogP contribution in [0, 0.1) is 12.6 Å². The molecule has 0 aliphatic carbocycles. The number of aliphatic hydroxyl groups is 1. The molecule has 8 heteroatoms. The number of rotatable bonds is 7. The van der Waals surface area contributed by atoms with Crippen molar-refractivity contribution in [3.63, 3.8) is 0 Å². The third-order valence-electron chi connectivity index (χ3n) is 5.72. The summed E-state index contributed by atoms with van der Waals surface area (Å²) < 4.78 is 10.5. The number of aliphatic hydroxyl groups excluding tert-OH is 1. The Kier molecular flexibility index (Phi) is 8.44. The number of aromatic nitrogens is 1. The summed E-state index contributed by atoms with van der Waals surface area (Å²) in [4.78, 5) is 8.70. The SMILES string of the molecule is COc1ccc(N2CCN(C(O)[CH-]C(N)c3[c-]nc4cc(OC)ccc4c3)CC2)cc1.[Os+2]. The van der Waals surface area contributed by atoms with E-state index < -0.39 is 12.3 Å². The molecule has 1 fully saturated rings. The molecule has 1 saturated heterocycles. The average molecular weight is 611 g/mol. The normalized spacial score (nSPS) is 16.3. The van der Waals surface area contributed by atoms with Crippen LogP contribution in [0.1, 0.15) is 11.6 Å². The maximum atomic E-state index is 10.7. The van der Waals surface area contributed by atoms with Crippen molar-refractivity contribution in [1.29, 1.82) is 0 Å². The zero-order valence-corrected chi connectivity index (χ0v) is 20.8. The summed E-state index contributed by atoms with van der Waals surface area (Å²) >= 11 is 0. The molecule has 3 N–H and O–H groups in total. The minimum atomic E-state index is -0.729. The Morgan fingerprint density at radius 3 is 2.31 bits per heavy atom. The molecular formula is C24H28N4O3Os. The predicted octanol–water partition coefficient (Wildman–Crippen LogP) is 2.39. The first-order chi connectivity index (χ1) is 15.1. The Bertz CT molecular complexity index is 1010. The van der Waals surface area contributed by atoms with E-state index in [-0.39, 0.29) is 19.8 Å².